The number of sulfone groups is 1. The van der Waals surface area contributed by atoms with Crippen molar-refractivity contribution >= 4 is 9.84 Å². The average molecular weight is 286 g/mol. The average Bonchev–Trinajstić information content (AvgIpc) is 2.50. The Kier molecular flexibility index (Phi) is 3.89. The van der Waals surface area contributed by atoms with E-state index in [9.17, 15) is 21.6 Å². The van der Waals surface area contributed by atoms with E-state index >= 15 is 0 Å². The summed E-state index contributed by atoms with van der Waals surface area (Å²) in [5.41, 5.74) is 0. The van der Waals surface area contributed by atoms with E-state index in [2.05, 4.69) is 5.32 Å². The number of nitrogens with one attached hydrogen (secondary N) is 1. The number of nitrogens with zero attached hydrogens (tertiary/aromatic N) is 1. The Bertz CT molecular complexity index is 396. The molecular weight excluding hydrogens is 269 g/mol. The fourth-order valence-corrected chi connectivity index (χ4v) is 4.42. The summed E-state index contributed by atoms with van der Waals surface area (Å²) in [6.45, 7) is 0.694. The largest absolute Gasteiger partial charge is 0.405 e. The van der Waals surface area contributed by atoms with Crippen LogP contribution in [0.1, 0.15) is 12.8 Å². The number of hydrogen-bond acceptors (Lipinski definition) is 4. The number of halogens is 3. The first-order chi connectivity index (χ1) is 8.30. The van der Waals surface area contributed by atoms with E-state index in [4.69, 9.17) is 0 Å². The van der Waals surface area contributed by atoms with Crippen molar-refractivity contribution in [3.05, 3.63) is 0 Å². The normalized spacial score (nSPS) is 34.4. The van der Waals surface area contributed by atoms with Crippen molar-refractivity contribution in [1.82, 2.24) is 10.2 Å². The summed E-state index contributed by atoms with van der Waals surface area (Å²) in [5, 5.41) is 2.77. The quantitative estimate of drug-likeness (QED) is 0.758. The summed E-state index contributed by atoms with van der Waals surface area (Å²) in [6.07, 6.45) is -3.39. The van der Waals surface area contributed by atoms with Gasteiger partial charge in [0.1, 0.15) is 6.04 Å². The van der Waals surface area contributed by atoms with Crippen molar-refractivity contribution in [3.63, 3.8) is 0 Å². The molecule has 2 rings (SSSR count). The van der Waals surface area contributed by atoms with E-state index in [1.807, 2.05) is 0 Å². The molecule has 18 heavy (non-hydrogen) atoms. The summed E-state index contributed by atoms with van der Waals surface area (Å²) in [6, 6.07) is -2.06. The summed E-state index contributed by atoms with van der Waals surface area (Å²) in [4.78, 5) is 1.34. The van der Waals surface area contributed by atoms with Crippen molar-refractivity contribution in [1.29, 1.82) is 0 Å². The van der Waals surface area contributed by atoms with E-state index < -0.39 is 28.1 Å². The SMILES string of the molecule is O=S1(=O)CCC(N2CCCNCC2C(F)(F)F)C1. The molecule has 2 atom stereocenters. The minimum Gasteiger partial charge on any atom is -0.315 e. The molecule has 0 aliphatic carbocycles. The van der Waals surface area contributed by atoms with Gasteiger partial charge in [0.05, 0.1) is 11.5 Å². The van der Waals surface area contributed by atoms with Gasteiger partial charge in [0, 0.05) is 19.1 Å². The first-order valence-electron chi connectivity index (χ1n) is 6.03. The number of rotatable bonds is 1. The van der Waals surface area contributed by atoms with E-state index in [1.54, 1.807) is 0 Å². The van der Waals surface area contributed by atoms with Crippen LogP contribution in [0, 0.1) is 0 Å². The third kappa shape index (κ3) is 3.16. The summed E-state index contributed by atoms with van der Waals surface area (Å²) >= 11 is 0. The van der Waals surface area contributed by atoms with Gasteiger partial charge >= 0.3 is 6.18 Å². The molecule has 0 saturated carbocycles. The molecule has 0 radical (unpaired) electrons. The van der Waals surface area contributed by atoms with Crippen molar-refractivity contribution in [2.75, 3.05) is 31.1 Å². The maximum absolute atomic E-state index is 13.0. The molecule has 0 spiro atoms. The monoisotopic (exact) mass is 286 g/mol. The fraction of sp³-hybridized carbons (Fsp3) is 1.00. The second-order valence-electron chi connectivity index (χ2n) is 4.91. The van der Waals surface area contributed by atoms with Gasteiger partial charge in [-0.1, -0.05) is 0 Å². The number of alkyl halides is 3. The van der Waals surface area contributed by atoms with Gasteiger partial charge in [-0.15, -0.1) is 0 Å². The zero-order valence-corrected chi connectivity index (χ0v) is 10.7. The highest BCUT2D eigenvalue weighted by Crippen LogP contribution is 2.30. The van der Waals surface area contributed by atoms with Gasteiger partial charge in [-0.05, 0) is 19.4 Å². The van der Waals surface area contributed by atoms with Crippen molar-refractivity contribution in [2.45, 2.75) is 31.1 Å². The molecule has 4 nitrogen and oxygen atoms in total. The molecule has 106 valence electrons. The lowest BCUT2D eigenvalue weighted by Crippen LogP contribution is -2.54. The van der Waals surface area contributed by atoms with E-state index in [1.165, 1.54) is 4.90 Å². The van der Waals surface area contributed by atoms with Crippen LogP contribution in [-0.2, 0) is 9.84 Å². The van der Waals surface area contributed by atoms with Gasteiger partial charge in [-0.3, -0.25) is 4.90 Å². The molecule has 8 heteroatoms. The molecule has 0 aromatic rings. The van der Waals surface area contributed by atoms with Crippen LogP contribution in [0.15, 0.2) is 0 Å². The van der Waals surface area contributed by atoms with Gasteiger partial charge in [0.25, 0.3) is 0 Å². The molecule has 1 N–H and O–H groups in total. The van der Waals surface area contributed by atoms with Gasteiger partial charge < -0.3 is 5.32 Å². The zero-order chi connectivity index (χ0) is 13.4. The van der Waals surface area contributed by atoms with Gasteiger partial charge in [0.2, 0.25) is 0 Å². The maximum atomic E-state index is 13.0. The lowest BCUT2D eigenvalue weighted by atomic mass is 10.1. The highest BCUT2D eigenvalue weighted by atomic mass is 32.2. The summed E-state index contributed by atoms with van der Waals surface area (Å²) < 4.78 is 61.8. The third-order valence-electron chi connectivity index (χ3n) is 3.56. The van der Waals surface area contributed by atoms with Crippen LogP contribution in [0.2, 0.25) is 0 Å². The third-order valence-corrected chi connectivity index (χ3v) is 5.31. The molecule has 2 fully saturated rings. The standard InChI is InChI=1S/C10H17F3N2O2S/c11-10(12,13)9-6-14-3-1-4-15(9)8-2-5-18(16,17)7-8/h8-9,14H,1-7H2. The van der Waals surface area contributed by atoms with Crippen LogP contribution >= 0.6 is 0 Å². The lowest BCUT2D eigenvalue weighted by Gasteiger charge is -2.35. The Labute approximate surface area is 104 Å². The highest BCUT2D eigenvalue weighted by molar-refractivity contribution is 7.91. The smallest absolute Gasteiger partial charge is 0.315 e. The molecule has 2 saturated heterocycles. The minimum absolute atomic E-state index is 0.00612. The van der Waals surface area contributed by atoms with Gasteiger partial charge in [-0.2, -0.15) is 13.2 Å². The topological polar surface area (TPSA) is 49.4 Å². The molecule has 0 bridgehead atoms. The molecule has 0 aromatic carbocycles. The van der Waals surface area contributed by atoms with E-state index in [-0.39, 0.29) is 18.1 Å². The Morgan fingerprint density at radius 1 is 1.28 bits per heavy atom. The maximum Gasteiger partial charge on any atom is 0.405 e. The predicted octanol–water partition coefficient (Wildman–Crippen LogP) is 0.400. The van der Waals surface area contributed by atoms with Crippen LogP contribution in [0.5, 0.6) is 0 Å². The first kappa shape index (κ1) is 14.1. The summed E-state index contributed by atoms with van der Waals surface area (Å²) in [7, 11) is -3.16. The lowest BCUT2D eigenvalue weighted by molar-refractivity contribution is -0.185. The molecule has 2 aliphatic rings. The van der Waals surface area contributed by atoms with Crippen LogP contribution in [0.3, 0.4) is 0 Å². The fourth-order valence-electron chi connectivity index (χ4n) is 2.68. The number of hydrogen-bond donors (Lipinski definition) is 1. The molecular formula is C10H17F3N2O2S. The molecule has 2 aliphatic heterocycles. The molecule has 0 aromatic heterocycles. The van der Waals surface area contributed by atoms with Crippen LogP contribution in [0.25, 0.3) is 0 Å². The highest BCUT2D eigenvalue weighted by Gasteiger charge is 2.47. The summed E-state index contributed by atoms with van der Waals surface area (Å²) in [5.74, 6) is -0.133. The van der Waals surface area contributed by atoms with Crippen molar-refractivity contribution < 1.29 is 21.6 Å². The van der Waals surface area contributed by atoms with E-state index in [0.29, 0.717) is 25.9 Å². The Hall–Kier alpha value is -0.340. The van der Waals surface area contributed by atoms with Crippen LogP contribution in [-0.4, -0.2) is 62.7 Å². The Morgan fingerprint density at radius 2 is 2.00 bits per heavy atom. The second-order valence-corrected chi connectivity index (χ2v) is 7.14. The molecule has 2 unspecified atom stereocenters. The van der Waals surface area contributed by atoms with Gasteiger partial charge in [-0.25, -0.2) is 8.42 Å². The second kappa shape index (κ2) is 4.97. The van der Waals surface area contributed by atoms with Crippen molar-refractivity contribution in [2.24, 2.45) is 0 Å². The Morgan fingerprint density at radius 3 is 2.56 bits per heavy atom. The van der Waals surface area contributed by atoms with E-state index in [0.717, 1.165) is 0 Å². The molecule has 2 heterocycles. The first-order valence-corrected chi connectivity index (χ1v) is 7.85. The predicted molar refractivity (Wildman–Crippen MR) is 61.1 cm³/mol. The van der Waals surface area contributed by atoms with Crippen LogP contribution in [0.4, 0.5) is 13.2 Å². The van der Waals surface area contributed by atoms with Crippen molar-refractivity contribution in [3.8, 4) is 0 Å². The van der Waals surface area contributed by atoms with Gasteiger partial charge in [0.15, 0.2) is 9.84 Å². The molecule has 0 amide bonds. The zero-order valence-electron chi connectivity index (χ0n) is 9.91. The van der Waals surface area contributed by atoms with Crippen LogP contribution < -0.4 is 5.32 Å². The minimum atomic E-state index is -4.32. The Balaban J connectivity index is 2.16.